The fourth-order valence-corrected chi connectivity index (χ4v) is 12.3. The van der Waals surface area contributed by atoms with Crippen molar-refractivity contribution >= 4 is 35.8 Å². The molecule has 16 heteroatoms. The van der Waals surface area contributed by atoms with Gasteiger partial charge in [0.15, 0.2) is 0 Å². The standard InChI is InChI=1S/C48H63N3O13/c1-8-24(2)44(56)62-36-19-29-17-32(23-35(36)51(29)7)61-45(57)41-40(26-12-10-9-11-13-26)42(48(41,4)47(59)64-38-18-27-15-30(52)21-33(38)49(27)5)46(58)63-37-20-28-16-31(22-34(37)50(28)6)60-39(53)14-25(3)43(54)55/h8-14,27-38,40-42,52H,15-23H2,1-7H3,(H,54,55)/b24-8-,25-14+/t27-,28-,29-,30+,31+,32+,33+,34+,35+,36-,37-,38-,40+,41-,42+,48+/m0/s1. The summed E-state index contributed by atoms with van der Waals surface area (Å²) in [5.74, 6) is -7.37. The molecule has 1 saturated carbocycles. The second-order valence-electron chi connectivity index (χ2n) is 19.7. The Morgan fingerprint density at radius 3 is 1.70 bits per heavy atom. The van der Waals surface area contributed by atoms with E-state index in [2.05, 4.69) is 14.7 Å². The normalized spacial score (nSPS) is 39.7. The number of aliphatic hydroxyl groups excluding tert-OH is 1. The lowest BCUT2D eigenvalue weighted by atomic mass is 9.45. The van der Waals surface area contributed by atoms with E-state index >= 15 is 4.79 Å². The fourth-order valence-electron chi connectivity index (χ4n) is 12.3. The van der Waals surface area contributed by atoms with Crippen LogP contribution in [0, 0.1) is 17.3 Å². The van der Waals surface area contributed by atoms with Crippen LogP contribution in [0.5, 0.6) is 0 Å². The van der Waals surface area contributed by atoms with Crippen LogP contribution in [0.15, 0.2) is 53.6 Å². The van der Waals surface area contributed by atoms with Crippen molar-refractivity contribution in [2.24, 2.45) is 17.3 Å². The van der Waals surface area contributed by atoms with Gasteiger partial charge in [-0.3, -0.25) is 29.1 Å². The molecule has 64 heavy (non-hydrogen) atoms. The number of allylic oxidation sites excluding steroid dienone is 1. The summed E-state index contributed by atoms with van der Waals surface area (Å²) in [6.45, 7) is 6.43. The lowest BCUT2D eigenvalue weighted by Crippen LogP contribution is -2.65. The van der Waals surface area contributed by atoms with Crippen LogP contribution < -0.4 is 0 Å². The predicted molar refractivity (Wildman–Crippen MR) is 228 cm³/mol. The van der Waals surface area contributed by atoms with E-state index in [0.29, 0.717) is 68.9 Å². The molecule has 0 radical (unpaired) electrons. The Labute approximate surface area is 374 Å². The molecule has 2 N–H and O–H groups in total. The summed E-state index contributed by atoms with van der Waals surface area (Å²) in [6, 6.07) is 8.34. The number of piperidine rings is 3. The molecule has 7 aliphatic rings. The molecule has 7 fully saturated rings. The van der Waals surface area contributed by atoms with Crippen LogP contribution in [0.1, 0.15) is 97.0 Å². The lowest BCUT2D eigenvalue weighted by molar-refractivity contribution is -0.210. The quantitative estimate of drug-likeness (QED) is 0.175. The van der Waals surface area contributed by atoms with Gasteiger partial charge >= 0.3 is 35.8 Å². The van der Waals surface area contributed by atoms with Crippen molar-refractivity contribution in [3.8, 4) is 0 Å². The van der Waals surface area contributed by atoms with Crippen LogP contribution in [0.3, 0.4) is 0 Å². The molecule has 1 aliphatic carbocycles. The number of likely N-dealkylation sites (N-methyl/N-ethyl adjacent to an activating group) is 3. The zero-order valence-corrected chi connectivity index (χ0v) is 37.8. The highest BCUT2D eigenvalue weighted by Gasteiger charge is 2.72. The Morgan fingerprint density at radius 1 is 0.641 bits per heavy atom. The third-order valence-electron chi connectivity index (χ3n) is 16.2. The number of carbonyl (C=O) groups is 6. The van der Waals surface area contributed by atoms with Crippen molar-refractivity contribution in [1.82, 2.24) is 14.7 Å². The zero-order chi connectivity index (χ0) is 45.9. The van der Waals surface area contributed by atoms with E-state index in [1.54, 1.807) is 26.8 Å². The highest BCUT2D eigenvalue weighted by molar-refractivity contribution is 5.96. The van der Waals surface area contributed by atoms with Crippen molar-refractivity contribution in [3.05, 3.63) is 59.2 Å². The maximum absolute atomic E-state index is 15.0. The van der Waals surface area contributed by atoms with Gasteiger partial charge in [0.25, 0.3) is 0 Å². The summed E-state index contributed by atoms with van der Waals surface area (Å²) < 4.78 is 30.9. The Balaban J connectivity index is 1.06. The average Bonchev–Trinajstić information content (AvgIpc) is 3.58. The minimum absolute atomic E-state index is 0.00268. The number of aliphatic hydroxyl groups is 1. The van der Waals surface area contributed by atoms with Crippen molar-refractivity contribution in [3.63, 3.8) is 0 Å². The van der Waals surface area contributed by atoms with E-state index in [-0.39, 0.29) is 53.9 Å². The van der Waals surface area contributed by atoms with Gasteiger partial charge < -0.3 is 33.9 Å². The number of carbonyl (C=O) groups excluding carboxylic acids is 5. The number of ether oxygens (including phenoxy) is 5. The van der Waals surface area contributed by atoms with Crippen molar-refractivity contribution in [1.29, 1.82) is 0 Å². The first-order chi connectivity index (χ1) is 30.4. The van der Waals surface area contributed by atoms with Crippen LogP contribution in [-0.4, -0.2) is 155 Å². The maximum atomic E-state index is 15.0. The molecule has 16 nitrogen and oxygen atoms in total. The minimum atomic E-state index is -1.71. The second-order valence-corrected chi connectivity index (χ2v) is 19.7. The highest BCUT2D eigenvalue weighted by Crippen LogP contribution is 2.63. The summed E-state index contributed by atoms with van der Waals surface area (Å²) in [6.07, 6.45) is 3.80. The van der Waals surface area contributed by atoms with Crippen molar-refractivity contribution in [2.45, 2.75) is 164 Å². The molecule has 8 rings (SSSR count). The molecule has 0 spiro atoms. The van der Waals surface area contributed by atoms with Crippen LogP contribution in [-0.2, 0) is 52.5 Å². The number of fused-ring (bicyclic) bond motifs is 6. The highest BCUT2D eigenvalue weighted by atomic mass is 16.6. The molecule has 0 unspecified atom stereocenters. The zero-order valence-electron chi connectivity index (χ0n) is 37.8. The summed E-state index contributed by atoms with van der Waals surface area (Å²) in [4.78, 5) is 88.1. The van der Waals surface area contributed by atoms with Crippen LogP contribution >= 0.6 is 0 Å². The average molecular weight is 890 g/mol. The third-order valence-corrected chi connectivity index (χ3v) is 16.2. The fraction of sp³-hybridized carbons (Fsp3) is 0.667. The van der Waals surface area contributed by atoms with Crippen LogP contribution in [0.2, 0.25) is 0 Å². The Kier molecular flexibility index (Phi) is 12.9. The lowest BCUT2D eigenvalue weighted by Gasteiger charge is -2.55. The van der Waals surface area contributed by atoms with Gasteiger partial charge in [-0.25, -0.2) is 14.4 Å². The number of carboxylic acid groups (broad SMARTS) is 1. The molecule has 1 aromatic carbocycles. The molecule has 0 aromatic heterocycles. The summed E-state index contributed by atoms with van der Waals surface area (Å²) in [5, 5.41) is 19.9. The van der Waals surface area contributed by atoms with Crippen molar-refractivity contribution < 1.29 is 62.7 Å². The van der Waals surface area contributed by atoms with E-state index in [1.165, 1.54) is 6.92 Å². The summed E-state index contributed by atoms with van der Waals surface area (Å²) >= 11 is 0. The Bertz CT molecular complexity index is 2080. The number of hydrogen-bond donors (Lipinski definition) is 2. The minimum Gasteiger partial charge on any atom is -0.478 e. The molecule has 0 amide bonds. The van der Waals surface area contributed by atoms with Gasteiger partial charge in [0, 0.05) is 92.3 Å². The molecule has 6 bridgehead atoms. The number of aliphatic carboxylic acids is 1. The van der Waals surface area contributed by atoms with Gasteiger partial charge in [-0.1, -0.05) is 36.4 Å². The van der Waals surface area contributed by atoms with E-state index in [1.807, 2.05) is 51.5 Å². The number of esters is 5. The van der Waals surface area contributed by atoms with Gasteiger partial charge in [-0.05, 0) is 67.2 Å². The van der Waals surface area contributed by atoms with E-state index in [9.17, 15) is 34.2 Å². The predicted octanol–water partition coefficient (Wildman–Crippen LogP) is 3.54. The molecule has 6 heterocycles. The third kappa shape index (κ3) is 8.39. The number of carboxylic acids is 1. The largest absolute Gasteiger partial charge is 0.478 e. The number of rotatable bonds is 12. The molecule has 1 aromatic rings. The van der Waals surface area contributed by atoms with Crippen molar-refractivity contribution in [2.75, 3.05) is 21.1 Å². The number of hydrogen-bond acceptors (Lipinski definition) is 15. The topological polar surface area (TPSA) is 199 Å². The number of nitrogens with zero attached hydrogens (tertiary/aromatic N) is 3. The van der Waals surface area contributed by atoms with Crippen LogP contribution in [0.25, 0.3) is 0 Å². The van der Waals surface area contributed by atoms with E-state index in [4.69, 9.17) is 23.7 Å². The first-order valence-electron chi connectivity index (χ1n) is 22.9. The van der Waals surface area contributed by atoms with Gasteiger partial charge in [0.1, 0.15) is 30.5 Å². The molecular formula is C48H63N3O13. The molecule has 6 saturated heterocycles. The van der Waals surface area contributed by atoms with Gasteiger partial charge in [-0.15, -0.1) is 0 Å². The Morgan fingerprint density at radius 2 is 1.14 bits per heavy atom. The Hall–Kier alpha value is -4.64. The first kappa shape index (κ1) is 45.9. The van der Waals surface area contributed by atoms with E-state index in [0.717, 1.165) is 6.08 Å². The van der Waals surface area contributed by atoms with Crippen LogP contribution in [0.4, 0.5) is 0 Å². The number of benzene rings is 1. The summed E-state index contributed by atoms with van der Waals surface area (Å²) in [5.41, 5.74) is -0.663. The SMILES string of the molecule is C/C=C(/C)C(=O)O[C@H]1C[C@@H]2C[C@@H](OC(=O)[C@@H]3[C@@H](c4ccccc4)[C@H](C(=O)O[C@H]4C[C@@H]5C[C@@H](OC(=O)/C=C(\C)C(=O)O)C[C@H]4N5C)[C@]3(C)C(=O)O[C@H]3C[C@@H]4C[C@@H](O)C[C@H]3N4C)C[C@H]1N2C. The van der Waals surface area contributed by atoms with Gasteiger partial charge in [0.2, 0.25) is 0 Å². The molecule has 16 atom stereocenters. The monoisotopic (exact) mass is 889 g/mol. The van der Waals surface area contributed by atoms with E-state index < -0.39 is 83.5 Å². The maximum Gasteiger partial charge on any atom is 0.333 e. The summed E-state index contributed by atoms with van der Waals surface area (Å²) in [7, 11) is 5.87. The van der Waals surface area contributed by atoms with Gasteiger partial charge in [0.05, 0.1) is 35.4 Å². The first-order valence-corrected chi connectivity index (χ1v) is 22.9. The molecule has 348 valence electrons. The second kappa shape index (κ2) is 18.0. The van der Waals surface area contributed by atoms with Gasteiger partial charge in [-0.2, -0.15) is 0 Å². The molecule has 6 aliphatic heterocycles. The smallest absolute Gasteiger partial charge is 0.333 e. The molecular weight excluding hydrogens is 827 g/mol.